The summed E-state index contributed by atoms with van der Waals surface area (Å²) < 4.78 is 7.43. The summed E-state index contributed by atoms with van der Waals surface area (Å²) >= 11 is 3.81. The molecule has 3 N–H and O–H groups in total. The van der Waals surface area contributed by atoms with Gasteiger partial charge < -0.3 is 20.7 Å². The molecule has 0 saturated carbocycles. The zero-order valence-electron chi connectivity index (χ0n) is 29.7. The first-order valence-corrected chi connectivity index (χ1v) is 18.1. The molecule has 11 heteroatoms. The number of hydrogen-bond acceptors (Lipinski definition) is 8. The number of ether oxygens (including phenoxy) is 1. The van der Waals surface area contributed by atoms with E-state index in [2.05, 4.69) is 66.8 Å². The van der Waals surface area contributed by atoms with E-state index in [1.165, 1.54) is 25.7 Å². The standard InChI is InChI=1S/C36H56BrN7O2.H2S/c1-8-13-15-18-36(7,17-14-9-2)24-46-35-42-30-22-28(37)32(41-25(6)10-3)27(11-4)31(30)33(43-35)44-20-16-19-40-26(23-44)21-29(38)34(45)39-12-5;/h11,21-22,25H,8-10,12-20,23-24,38H2,1-7H3,(H,39,45);1H2/b27-11-,29-21-,41-32?;. The molecule has 0 spiro atoms. The van der Waals surface area contributed by atoms with E-state index in [-0.39, 0.29) is 36.6 Å². The van der Waals surface area contributed by atoms with Gasteiger partial charge in [0.15, 0.2) is 0 Å². The van der Waals surface area contributed by atoms with Gasteiger partial charge in [-0.2, -0.15) is 23.5 Å². The number of rotatable bonds is 16. The predicted molar refractivity (Wildman–Crippen MR) is 208 cm³/mol. The second-order valence-corrected chi connectivity index (χ2v) is 13.6. The highest BCUT2D eigenvalue weighted by molar-refractivity contribution is 9.12. The molecule has 0 fully saturated rings. The first-order chi connectivity index (χ1) is 22.1. The Morgan fingerprint density at radius 1 is 1.19 bits per heavy atom. The molecule has 1 aliphatic heterocycles. The average molecular weight is 733 g/mol. The third-order valence-corrected chi connectivity index (χ3v) is 9.29. The number of allylic oxidation sites excluding steroid dienone is 3. The van der Waals surface area contributed by atoms with Crippen molar-refractivity contribution in [2.24, 2.45) is 21.1 Å². The Morgan fingerprint density at radius 3 is 2.57 bits per heavy atom. The Labute approximate surface area is 298 Å². The van der Waals surface area contributed by atoms with Crippen LogP contribution in [0.4, 0.5) is 5.82 Å². The minimum Gasteiger partial charge on any atom is -0.463 e. The fourth-order valence-corrected chi connectivity index (χ4v) is 6.30. The van der Waals surface area contributed by atoms with Gasteiger partial charge in [0.1, 0.15) is 5.82 Å². The van der Waals surface area contributed by atoms with Crippen molar-refractivity contribution in [1.82, 2.24) is 15.3 Å². The summed E-state index contributed by atoms with van der Waals surface area (Å²) in [6.45, 7) is 17.9. The molecule has 0 bridgehead atoms. The Balaban J connectivity index is 0.00000768. The fourth-order valence-electron chi connectivity index (χ4n) is 5.76. The molecule has 262 valence electrons. The minimum atomic E-state index is -0.293. The van der Waals surface area contributed by atoms with Crippen molar-refractivity contribution in [2.45, 2.75) is 112 Å². The van der Waals surface area contributed by atoms with Crippen molar-refractivity contribution in [3.63, 3.8) is 0 Å². The second kappa shape index (κ2) is 20.0. The van der Waals surface area contributed by atoms with Gasteiger partial charge in [-0.05, 0) is 74.5 Å². The van der Waals surface area contributed by atoms with E-state index in [0.717, 1.165) is 77.2 Å². The number of aliphatic imine (C=N–C) groups is 2. The van der Waals surface area contributed by atoms with Gasteiger partial charge in [0.25, 0.3) is 5.91 Å². The van der Waals surface area contributed by atoms with Gasteiger partial charge in [-0.1, -0.05) is 65.9 Å². The van der Waals surface area contributed by atoms with Crippen LogP contribution in [0.15, 0.2) is 32.3 Å². The van der Waals surface area contributed by atoms with Crippen molar-refractivity contribution in [1.29, 1.82) is 0 Å². The summed E-state index contributed by atoms with van der Waals surface area (Å²) in [7, 11) is 0. The summed E-state index contributed by atoms with van der Waals surface area (Å²) in [6, 6.07) is 0.536. The number of carbonyl (C=O) groups excluding carboxylic acids is 1. The van der Waals surface area contributed by atoms with Crippen molar-refractivity contribution >= 4 is 64.2 Å². The lowest BCUT2D eigenvalue weighted by Gasteiger charge is -2.31. The van der Waals surface area contributed by atoms with Crippen LogP contribution >= 0.6 is 29.4 Å². The lowest BCUT2D eigenvalue weighted by atomic mass is 9.81. The number of amides is 1. The van der Waals surface area contributed by atoms with Crippen LogP contribution in [0, 0.1) is 5.41 Å². The number of halogens is 1. The van der Waals surface area contributed by atoms with Crippen LogP contribution in [0.5, 0.6) is 6.01 Å². The normalized spacial score (nSPS) is 18.8. The van der Waals surface area contributed by atoms with E-state index < -0.39 is 0 Å². The Kier molecular flexibility index (Phi) is 17.2. The second-order valence-electron chi connectivity index (χ2n) is 12.8. The number of carbonyl (C=O) groups is 1. The lowest BCUT2D eigenvalue weighted by molar-refractivity contribution is -0.117. The summed E-state index contributed by atoms with van der Waals surface area (Å²) in [6.07, 6.45) is 15.8. The molecule has 2 aliphatic rings. The van der Waals surface area contributed by atoms with Gasteiger partial charge in [-0.15, -0.1) is 0 Å². The molecule has 2 heterocycles. The highest BCUT2D eigenvalue weighted by atomic mass is 79.9. The maximum absolute atomic E-state index is 12.4. The Morgan fingerprint density at radius 2 is 1.91 bits per heavy atom. The summed E-state index contributed by atoms with van der Waals surface area (Å²) in [5, 5.41) is 2.77. The topological polar surface area (TPSA) is 118 Å². The van der Waals surface area contributed by atoms with Crippen LogP contribution < -0.4 is 20.7 Å². The summed E-state index contributed by atoms with van der Waals surface area (Å²) in [4.78, 5) is 34.6. The molecule has 1 amide bonds. The third-order valence-electron chi connectivity index (χ3n) is 8.68. The highest BCUT2D eigenvalue weighted by Crippen LogP contribution is 2.40. The molecule has 0 aromatic carbocycles. The zero-order valence-corrected chi connectivity index (χ0v) is 32.3. The molecule has 3 rings (SSSR count). The van der Waals surface area contributed by atoms with Gasteiger partial charge in [-0.3, -0.25) is 14.8 Å². The van der Waals surface area contributed by atoms with E-state index in [4.69, 9.17) is 30.4 Å². The molecule has 2 unspecified atom stereocenters. The predicted octanol–water partition coefficient (Wildman–Crippen LogP) is 7.77. The highest BCUT2D eigenvalue weighted by Gasteiger charge is 2.31. The zero-order chi connectivity index (χ0) is 33.7. The Bertz CT molecular complexity index is 1360. The van der Waals surface area contributed by atoms with Crippen LogP contribution in [-0.2, 0) is 4.79 Å². The summed E-state index contributed by atoms with van der Waals surface area (Å²) in [5.74, 6) is 0.486. The molecule has 9 nitrogen and oxygen atoms in total. The molecular weight excluding hydrogens is 674 g/mol. The van der Waals surface area contributed by atoms with Gasteiger partial charge in [0.2, 0.25) is 0 Å². The van der Waals surface area contributed by atoms with Crippen LogP contribution in [0.1, 0.15) is 118 Å². The van der Waals surface area contributed by atoms with E-state index in [9.17, 15) is 4.79 Å². The number of unbranched alkanes of at least 4 members (excludes halogenated alkanes) is 3. The first-order valence-electron chi connectivity index (χ1n) is 17.3. The number of nitrogens with one attached hydrogen (secondary N) is 1. The maximum Gasteiger partial charge on any atom is 0.318 e. The Hall–Kier alpha value is -2.66. The monoisotopic (exact) mass is 731 g/mol. The van der Waals surface area contributed by atoms with Gasteiger partial charge >= 0.3 is 6.01 Å². The smallest absolute Gasteiger partial charge is 0.318 e. The first kappa shape index (κ1) is 40.5. The quantitative estimate of drug-likeness (QED) is 0.133. The van der Waals surface area contributed by atoms with E-state index in [1.54, 1.807) is 6.08 Å². The number of nitrogens with two attached hydrogens (primary N) is 1. The molecule has 0 saturated heterocycles. The average Bonchev–Trinajstić information content (AvgIpc) is 3.28. The molecule has 1 aromatic heterocycles. The van der Waals surface area contributed by atoms with Crippen LogP contribution in [0.2, 0.25) is 0 Å². The van der Waals surface area contributed by atoms with E-state index >= 15 is 0 Å². The van der Waals surface area contributed by atoms with Gasteiger partial charge in [-0.25, -0.2) is 0 Å². The number of nitrogens with zero attached hydrogens (tertiary/aromatic N) is 5. The van der Waals surface area contributed by atoms with Crippen molar-refractivity contribution < 1.29 is 9.53 Å². The number of aromatic nitrogens is 2. The molecular formula is C36H58BrN7O2S. The van der Waals surface area contributed by atoms with Crippen LogP contribution in [0.3, 0.4) is 0 Å². The minimum absolute atomic E-state index is 0. The summed E-state index contributed by atoms with van der Waals surface area (Å²) in [5.41, 5.74) is 10.7. The van der Waals surface area contributed by atoms with Crippen LogP contribution in [-0.4, -0.2) is 66.1 Å². The van der Waals surface area contributed by atoms with Gasteiger partial charge in [0, 0.05) is 41.1 Å². The number of likely N-dealkylation sites (N-methyl/N-ethyl adjacent to an activating group) is 1. The van der Waals surface area contributed by atoms with Crippen molar-refractivity contribution in [3.8, 4) is 6.01 Å². The van der Waals surface area contributed by atoms with E-state index in [1.807, 2.05) is 19.9 Å². The molecule has 47 heavy (non-hydrogen) atoms. The third kappa shape index (κ3) is 11.5. The fraction of sp³-hybridized carbons (Fsp3) is 0.639. The van der Waals surface area contributed by atoms with E-state index in [0.29, 0.717) is 32.3 Å². The van der Waals surface area contributed by atoms with Crippen LogP contribution in [0.25, 0.3) is 11.6 Å². The lowest BCUT2D eigenvalue weighted by Crippen LogP contribution is -2.33. The molecule has 2 atom stereocenters. The molecule has 0 radical (unpaired) electrons. The number of anilines is 1. The largest absolute Gasteiger partial charge is 0.463 e. The van der Waals surface area contributed by atoms with Gasteiger partial charge in [0.05, 0.1) is 41.5 Å². The molecule has 1 aliphatic carbocycles. The van der Waals surface area contributed by atoms with Crippen molar-refractivity contribution in [3.05, 3.63) is 33.6 Å². The number of fused-ring (bicyclic) bond motifs is 1. The molecule has 1 aromatic rings. The SMILES string of the molecule is C/C=C1\C(=NC(C)CC)C(Br)=Cc2nc(OCC(C)(CCCC)CCCCC)nc(N3CCCN=C(/C=C(\N)C(=O)NCC)C3)c21.S. The van der Waals surface area contributed by atoms with Crippen molar-refractivity contribution in [2.75, 3.05) is 37.7 Å². The maximum atomic E-state index is 12.4. The number of hydrogen-bond donors (Lipinski definition) is 2.